The van der Waals surface area contributed by atoms with Gasteiger partial charge in [-0.25, -0.2) is 9.18 Å². The lowest BCUT2D eigenvalue weighted by atomic mass is 10.1. The second kappa shape index (κ2) is 8.52. The SMILES string of the molecule is Cc1ccc(NC(=O)COC(=O)/C=C/c2ccccc2[N+](=O)[O-])cc1F. The van der Waals surface area contributed by atoms with Crippen molar-refractivity contribution in [3.8, 4) is 0 Å². The van der Waals surface area contributed by atoms with E-state index in [0.717, 1.165) is 12.1 Å². The number of aryl methyl sites for hydroxylation is 1. The monoisotopic (exact) mass is 358 g/mol. The molecule has 0 saturated heterocycles. The highest BCUT2D eigenvalue weighted by molar-refractivity contribution is 5.94. The Morgan fingerprint density at radius 2 is 2.00 bits per heavy atom. The molecule has 1 N–H and O–H groups in total. The van der Waals surface area contributed by atoms with Crippen molar-refractivity contribution in [2.45, 2.75) is 6.92 Å². The Kier molecular flexibility index (Phi) is 6.15. The second-order valence-electron chi connectivity index (χ2n) is 5.27. The largest absolute Gasteiger partial charge is 0.452 e. The van der Waals surface area contributed by atoms with E-state index in [9.17, 15) is 24.1 Å². The Morgan fingerprint density at radius 3 is 2.69 bits per heavy atom. The number of hydrogen-bond donors (Lipinski definition) is 1. The Morgan fingerprint density at radius 1 is 1.27 bits per heavy atom. The van der Waals surface area contributed by atoms with E-state index >= 15 is 0 Å². The van der Waals surface area contributed by atoms with Crippen LogP contribution in [0.1, 0.15) is 11.1 Å². The zero-order valence-corrected chi connectivity index (χ0v) is 13.8. The summed E-state index contributed by atoms with van der Waals surface area (Å²) in [6.45, 7) is 1.02. The topological polar surface area (TPSA) is 98.5 Å². The molecule has 0 atom stereocenters. The maximum absolute atomic E-state index is 13.4. The van der Waals surface area contributed by atoms with E-state index in [1.165, 1.54) is 36.4 Å². The fourth-order valence-electron chi connectivity index (χ4n) is 2.01. The van der Waals surface area contributed by atoms with Gasteiger partial charge in [-0.3, -0.25) is 14.9 Å². The molecule has 7 nitrogen and oxygen atoms in total. The number of hydrogen-bond acceptors (Lipinski definition) is 5. The van der Waals surface area contributed by atoms with E-state index in [-0.39, 0.29) is 16.9 Å². The highest BCUT2D eigenvalue weighted by Gasteiger charge is 2.11. The highest BCUT2D eigenvalue weighted by atomic mass is 19.1. The van der Waals surface area contributed by atoms with E-state index in [0.29, 0.717) is 5.56 Å². The van der Waals surface area contributed by atoms with Gasteiger partial charge in [0, 0.05) is 17.8 Å². The van der Waals surface area contributed by atoms with Crippen LogP contribution in [0.2, 0.25) is 0 Å². The molecule has 2 rings (SSSR count). The maximum atomic E-state index is 13.4. The van der Waals surface area contributed by atoms with Gasteiger partial charge in [0.2, 0.25) is 0 Å². The molecule has 0 saturated carbocycles. The van der Waals surface area contributed by atoms with Crippen LogP contribution in [0.15, 0.2) is 48.5 Å². The summed E-state index contributed by atoms with van der Waals surface area (Å²) in [6.07, 6.45) is 2.22. The summed E-state index contributed by atoms with van der Waals surface area (Å²) >= 11 is 0. The van der Waals surface area contributed by atoms with Crippen LogP contribution in [0.25, 0.3) is 6.08 Å². The van der Waals surface area contributed by atoms with E-state index < -0.39 is 29.2 Å². The average molecular weight is 358 g/mol. The summed E-state index contributed by atoms with van der Waals surface area (Å²) in [6, 6.07) is 10.1. The quantitative estimate of drug-likeness (QED) is 0.370. The molecule has 2 aromatic rings. The molecule has 0 unspecified atom stereocenters. The molecule has 0 heterocycles. The number of amides is 1. The number of halogens is 1. The number of ether oxygens (including phenoxy) is 1. The highest BCUT2D eigenvalue weighted by Crippen LogP contribution is 2.19. The molecule has 8 heteroatoms. The zero-order valence-electron chi connectivity index (χ0n) is 13.8. The summed E-state index contributed by atoms with van der Waals surface area (Å²) in [7, 11) is 0. The van der Waals surface area contributed by atoms with Crippen molar-refractivity contribution < 1.29 is 23.6 Å². The Bertz CT molecular complexity index is 880. The van der Waals surface area contributed by atoms with Gasteiger partial charge in [0.15, 0.2) is 6.61 Å². The van der Waals surface area contributed by atoms with Crippen molar-refractivity contribution >= 4 is 29.3 Å². The molecule has 0 spiro atoms. The number of nitro groups is 1. The van der Waals surface area contributed by atoms with Crippen LogP contribution in [-0.4, -0.2) is 23.4 Å². The second-order valence-corrected chi connectivity index (χ2v) is 5.27. The molecule has 134 valence electrons. The molecule has 0 bridgehead atoms. The van der Waals surface area contributed by atoms with Gasteiger partial charge in [-0.1, -0.05) is 18.2 Å². The van der Waals surface area contributed by atoms with E-state index in [4.69, 9.17) is 4.74 Å². The lowest BCUT2D eigenvalue weighted by Crippen LogP contribution is -2.20. The molecule has 0 aliphatic heterocycles. The molecule has 0 radical (unpaired) electrons. The number of nitrogens with one attached hydrogen (secondary N) is 1. The van der Waals surface area contributed by atoms with Gasteiger partial charge in [0.1, 0.15) is 5.82 Å². The molecule has 0 fully saturated rings. The van der Waals surface area contributed by atoms with Gasteiger partial charge in [0.25, 0.3) is 11.6 Å². The first-order valence-corrected chi connectivity index (χ1v) is 7.51. The lowest BCUT2D eigenvalue weighted by molar-refractivity contribution is -0.385. The van der Waals surface area contributed by atoms with Gasteiger partial charge < -0.3 is 10.1 Å². The Balaban J connectivity index is 1.89. The average Bonchev–Trinajstić information content (AvgIpc) is 2.61. The van der Waals surface area contributed by atoms with Crippen LogP contribution in [0.3, 0.4) is 0 Å². The first-order valence-electron chi connectivity index (χ1n) is 7.51. The van der Waals surface area contributed by atoms with Crippen LogP contribution in [0, 0.1) is 22.9 Å². The summed E-state index contributed by atoms with van der Waals surface area (Å²) in [5, 5.41) is 13.3. The molecule has 0 aromatic heterocycles. The molecule has 26 heavy (non-hydrogen) atoms. The molecule has 2 aromatic carbocycles. The Labute approximate surface area is 148 Å². The smallest absolute Gasteiger partial charge is 0.331 e. The minimum absolute atomic E-state index is 0.157. The van der Waals surface area contributed by atoms with Crippen molar-refractivity contribution in [3.63, 3.8) is 0 Å². The van der Waals surface area contributed by atoms with E-state index in [2.05, 4.69) is 5.32 Å². The van der Waals surface area contributed by atoms with Gasteiger partial charge in [-0.05, 0) is 36.8 Å². The van der Waals surface area contributed by atoms with Gasteiger partial charge in [-0.15, -0.1) is 0 Å². The maximum Gasteiger partial charge on any atom is 0.331 e. The van der Waals surface area contributed by atoms with E-state index in [1.807, 2.05) is 0 Å². The summed E-state index contributed by atoms with van der Waals surface area (Å²) < 4.78 is 18.2. The number of benzene rings is 2. The number of nitro benzene ring substituents is 1. The predicted molar refractivity (Wildman–Crippen MR) is 92.9 cm³/mol. The number of carbonyl (C=O) groups excluding carboxylic acids is 2. The third-order valence-corrected chi connectivity index (χ3v) is 3.33. The van der Waals surface area contributed by atoms with Crippen molar-refractivity contribution in [2.24, 2.45) is 0 Å². The third kappa shape index (κ3) is 5.23. The zero-order chi connectivity index (χ0) is 19.1. The number of para-hydroxylation sites is 1. The van der Waals surface area contributed by atoms with E-state index in [1.54, 1.807) is 13.0 Å². The number of carbonyl (C=O) groups is 2. The summed E-state index contributed by atoms with van der Waals surface area (Å²) in [5.41, 5.74) is 0.754. The number of anilines is 1. The number of esters is 1. The number of nitrogens with zero attached hydrogens (tertiary/aromatic N) is 1. The van der Waals surface area contributed by atoms with Gasteiger partial charge in [-0.2, -0.15) is 0 Å². The minimum atomic E-state index is -0.839. The summed E-state index contributed by atoms with van der Waals surface area (Å²) in [4.78, 5) is 33.6. The van der Waals surface area contributed by atoms with Crippen LogP contribution >= 0.6 is 0 Å². The van der Waals surface area contributed by atoms with Gasteiger partial charge in [0.05, 0.1) is 10.5 Å². The van der Waals surface area contributed by atoms with Crippen LogP contribution in [0.5, 0.6) is 0 Å². The van der Waals surface area contributed by atoms with Crippen molar-refractivity contribution in [1.29, 1.82) is 0 Å². The molecule has 0 aliphatic rings. The normalized spacial score (nSPS) is 10.5. The molecular formula is C18H15FN2O5. The summed E-state index contributed by atoms with van der Waals surface area (Å²) in [5.74, 6) is -1.94. The van der Waals surface area contributed by atoms with Crippen LogP contribution in [-0.2, 0) is 14.3 Å². The van der Waals surface area contributed by atoms with Crippen LogP contribution < -0.4 is 5.32 Å². The fourth-order valence-corrected chi connectivity index (χ4v) is 2.01. The predicted octanol–water partition coefficient (Wildman–Crippen LogP) is 3.24. The van der Waals surface area contributed by atoms with Crippen LogP contribution in [0.4, 0.5) is 15.8 Å². The standard InChI is InChI=1S/C18H15FN2O5/c1-12-6-8-14(10-15(12)19)20-17(22)11-26-18(23)9-7-13-4-2-3-5-16(13)21(24)25/h2-10H,11H2,1H3,(H,20,22)/b9-7+. The lowest BCUT2D eigenvalue weighted by Gasteiger charge is -2.06. The number of rotatable bonds is 6. The van der Waals surface area contributed by atoms with Crippen molar-refractivity contribution in [3.05, 3.63) is 75.6 Å². The van der Waals surface area contributed by atoms with Crippen molar-refractivity contribution in [1.82, 2.24) is 0 Å². The molecule has 1 amide bonds. The first kappa shape index (κ1) is 18.8. The van der Waals surface area contributed by atoms with Crippen molar-refractivity contribution in [2.75, 3.05) is 11.9 Å². The fraction of sp³-hybridized carbons (Fsp3) is 0.111. The first-order chi connectivity index (χ1) is 12.4. The Hall–Kier alpha value is -3.55. The third-order valence-electron chi connectivity index (χ3n) is 3.33. The molecular weight excluding hydrogens is 343 g/mol. The molecule has 0 aliphatic carbocycles. The minimum Gasteiger partial charge on any atom is -0.452 e. The van der Waals surface area contributed by atoms with Gasteiger partial charge >= 0.3 is 5.97 Å².